The van der Waals surface area contributed by atoms with Gasteiger partial charge in [-0.3, -0.25) is 4.79 Å². The second-order valence-corrected chi connectivity index (χ2v) is 4.14. The molecule has 8 heteroatoms. The first-order valence-corrected chi connectivity index (χ1v) is 6.56. The number of hydrogen-bond acceptors (Lipinski definition) is 2. The summed E-state index contributed by atoms with van der Waals surface area (Å²) in [6, 6.07) is 1.67. The smallest absolute Gasteiger partial charge is 0.246 e. The molecule has 0 aliphatic carbocycles. The van der Waals surface area contributed by atoms with Gasteiger partial charge in [0.1, 0.15) is 6.54 Å². The molecule has 0 aliphatic rings. The molecule has 0 heterocycles. The van der Waals surface area contributed by atoms with Crippen molar-refractivity contribution >= 4 is 17.6 Å². The number of hydrogen-bond donors (Lipinski definition) is 3. The number of benzene rings is 1. The molecule has 3 N–H and O–H groups in total. The molecule has 1 aromatic carbocycles. The second-order valence-electron chi connectivity index (χ2n) is 4.14. The zero-order chi connectivity index (χ0) is 16.5. The Kier molecular flexibility index (Phi) is 6.94. The molecule has 22 heavy (non-hydrogen) atoms. The van der Waals surface area contributed by atoms with E-state index in [0.717, 1.165) is 12.1 Å². The third-order valence-corrected chi connectivity index (χ3v) is 2.45. The van der Waals surface area contributed by atoms with Crippen LogP contribution in [0.25, 0.3) is 0 Å². The van der Waals surface area contributed by atoms with Gasteiger partial charge in [0.05, 0.1) is 5.69 Å². The summed E-state index contributed by atoms with van der Waals surface area (Å²) >= 11 is 0. The highest BCUT2D eigenvalue weighted by Crippen LogP contribution is 2.19. The Labute approximate surface area is 126 Å². The molecule has 0 aromatic heterocycles. The Hall–Kier alpha value is -2.51. The molecule has 1 rings (SSSR count). The van der Waals surface area contributed by atoms with E-state index in [4.69, 9.17) is 0 Å². The number of guanidine groups is 1. The van der Waals surface area contributed by atoms with Gasteiger partial charge in [0.15, 0.2) is 23.4 Å². The van der Waals surface area contributed by atoms with Crippen molar-refractivity contribution in [2.45, 2.75) is 6.92 Å². The number of nitrogens with zero attached hydrogens (tertiary/aromatic N) is 1. The maximum Gasteiger partial charge on any atom is 0.246 e. The Morgan fingerprint density at radius 2 is 2.00 bits per heavy atom. The van der Waals surface area contributed by atoms with Gasteiger partial charge in [-0.25, -0.2) is 18.2 Å². The molecule has 1 amide bonds. The van der Waals surface area contributed by atoms with E-state index >= 15 is 0 Å². The van der Waals surface area contributed by atoms with Crippen molar-refractivity contribution in [3.05, 3.63) is 42.2 Å². The number of nitrogens with one attached hydrogen (secondary N) is 3. The number of carbonyl (C=O) groups excluding carboxylic acids is 1. The van der Waals surface area contributed by atoms with E-state index in [1.807, 2.05) is 6.92 Å². The topological polar surface area (TPSA) is 65.5 Å². The first-order valence-electron chi connectivity index (χ1n) is 6.56. The molecule has 0 spiro atoms. The number of amides is 1. The van der Waals surface area contributed by atoms with Crippen molar-refractivity contribution in [3.63, 3.8) is 0 Å². The number of carbonyl (C=O) groups is 1. The molecular weight excluding hydrogens is 297 g/mol. The summed E-state index contributed by atoms with van der Waals surface area (Å²) in [4.78, 5) is 15.6. The summed E-state index contributed by atoms with van der Waals surface area (Å²) in [6.07, 6.45) is 1.61. The lowest BCUT2D eigenvalue weighted by Gasteiger charge is -2.10. The van der Waals surface area contributed by atoms with Gasteiger partial charge < -0.3 is 16.0 Å². The quantitative estimate of drug-likeness (QED) is 0.325. The fourth-order valence-corrected chi connectivity index (χ4v) is 1.47. The minimum Gasteiger partial charge on any atom is -0.357 e. The summed E-state index contributed by atoms with van der Waals surface area (Å²) in [5.74, 6) is -4.70. The molecule has 1 aromatic rings. The minimum atomic E-state index is -1.64. The van der Waals surface area contributed by atoms with E-state index in [1.165, 1.54) is 0 Å². The van der Waals surface area contributed by atoms with Crippen LogP contribution < -0.4 is 16.0 Å². The van der Waals surface area contributed by atoms with Gasteiger partial charge in [0.25, 0.3) is 0 Å². The predicted molar refractivity (Wildman–Crippen MR) is 79.1 cm³/mol. The molecular formula is C14H17F3N4O. The van der Waals surface area contributed by atoms with E-state index in [2.05, 4.69) is 27.5 Å². The fourth-order valence-electron chi connectivity index (χ4n) is 1.47. The van der Waals surface area contributed by atoms with Gasteiger partial charge in [-0.1, -0.05) is 6.08 Å². The van der Waals surface area contributed by atoms with Gasteiger partial charge in [-0.2, -0.15) is 0 Å². The van der Waals surface area contributed by atoms with Crippen LogP contribution in [0.2, 0.25) is 0 Å². The Morgan fingerprint density at radius 1 is 1.27 bits per heavy atom. The molecule has 0 saturated heterocycles. The average Bonchev–Trinajstić information content (AvgIpc) is 2.50. The molecule has 0 saturated carbocycles. The van der Waals surface area contributed by atoms with Crippen molar-refractivity contribution in [1.82, 2.24) is 10.6 Å². The number of halogens is 3. The molecule has 0 unspecified atom stereocenters. The highest BCUT2D eigenvalue weighted by atomic mass is 19.2. The summed E-state index contributed by atoms with van der Waals surface area (Å²) in [6.45, 7) is 6.11. The second kappa shape index (κ2) is 8.71. The lowest BCUT2D eigenvalue weighted by Crippen LogP contribution is -2.38. The van der Waals surface area contributed by atoms with E-state index < -0.39 is 29.0 Å². The third-order valence-electron chi connectivity index (χ3n) is 2.45. The number of rotatable bonds is 6. The highest BCUT2D eigenvalue weighted by Gasteiger charge is 2.15. The van der Waals surface area contributed by atoms with Crippen molar-refractivity contribution in [1.29, 1.82) is 0 Å². The molecule has 0 atom stereocenters. The maximum absolute atomic E-state index is 13.4. The molecule has 120 valence electrons. The summed E-state index contributed by atoms with van der Waals surface area (Å²) in [7, 11) is 0. The van der Waals surface area contributed by atoms with E-state index in [9.17, 15) is 18.0 Å². The van der Waals surface area contributed by atoms with Crippen LogP contribution in [0.15, 0.2) is 29.8 Å². The standard InChI is InChI=1S/C14H17F3N4O/c1-3-7-19-14(18-4-2)20-8-11(22)21-10-6-5-9(15)12(16)13(10)17/h3,5-6H,1,4,7-8H2,2H3,(H,21,22)(H2,18,19,20). The SMILES string of the molecule is C=CCNC(=NCC(=O)Nc1ccc(F)c(F)c1F)NCC. The summed E-state index contributed by atoms with van der Waals surface area (Å²) in [5, 5.41) is 7.90. The number of anilines is 1. The predicted octanol–water partition coefficient (Wildman–Crippen LogP) is 1.78. The van der Waals surface area contributed by atoms with E-state index in [0.29, 0.717) is 19.0 Å². The average molecular weight is 314 g/mol. The van der Waals surface area contributed by atoms with Crippen LogP contribution >= 0.6 is 0 Å². The van der Waals surface area contributed by atoms with E-state index in [-0.39, 0.29) is 6.54 Å². The normalized spacial score (nSPS) is 11.0. The largest absolute Gasteiger partial charge is 0.357 e. The third kappa shape index (κ3) is 5.12. The monoisotopic (exact) mass is 314 g/mol. The van der Waals surface area contributed by atoms with Crippen LogP contribution in [0.4, 0.5) is 18.9 Å². The number of aliphatic imine (C=N–C) groups is 1. The zero-order valence-corrected chi connectivity index (χ0v) is 12.0. The van der Waals surface area contributed by atoms with Gasteiger partial charge >= 0.3 is 0 Å². The van der Waals surface area contributed by atoms with Crippen LogP contribution in [0, 0.1) is 17.5 Å². The van der Waals surface area contributed by atoms with Gasteiger partial charge in [-0.15, -0.1) is 6.58 Å². The lowest BCUT2D eigenvalue weighted by molar-refractivity contribution is -0.114. The molecule has 0 aliphatic heterocycles. The lowest BCUT2D eigenvalue weighted by atomic mass is 10.3. The van der Waals surface area contributed by atoms with E-state index in [1.54, 1.807) is 6.08 Å². The van der Waals surface area contributed by atoms with Crippen LogP contribution in [-0.4, -0.2) is 31.5 Å². The first kappa shape index (κ1) is 17.5. The van der Waals surface area contributed by atoms with Gasteiger partial charge in [0, 0.05) is 13.1 Å². The van der Waals surface area contributed by atoms with Crippen LogP contribution in [0.1, 0.15) is 6.92 Å². The van der Waals surface area contributed by atoms with Crippen LogP contribution in [0.3, 0.4) is 0 Å². The Balaban J connectivity index is 2.69. The molecule has 0 fully saturated rings. The van der Waals surface area contributed by atoms with Crippen molar-refractivity contribution < 1.29 is 18.0 Å². The summed E-state index contributed by atoms with van der Waals surface area (Å²) < 4.78 is 39.2. The first-order chi connectivity index (χ1) is 10.5. The Morgan fingerprint density at radius 3 is 2.64 bits per heavy atom. The zero-order valence-electron chi connectivity index (χ0n) is 12.0. The van der Waals surface area contributed by atoms with Gasteiger partial charge in [0.2, 0.25) is 5.91 Å². The van der Waals surface area contributed by atoms with Crippen LogP contribution in [0.5, 0.6) is 0 Å². The van der Waals surface area contributed by atoms with Gasteiger partial charge in [-0.05, 0) is 19.1 Å². The van der Waals surface area contributed by atoms with Crippen molar-refractivity contribution in [3.8, 4) is 0 Å². The van der Waals surface area contributed by atoms with Crippen LogP contribution in [-0.2, 0) is 4.79 Å². The summed E-state index contributed by atoms with van der Waals surface area (Å²) in [5.41, 5.74) is -0.442. The fraction of sp³-hybridized carbons (Fsp3) is 0.286. The minimum absolute atomic E-state index is 0.315. The molecule has 5 nitrogen and oxygen atoms in total. The molecule has 0 bridgehead atoms. The highest BCUT2D eigenvalue weighted by molar-refractivity contribution is 5.94. The maximum atomic E-state index is 13.4. The Bertz CT molecular complexity index is 575. The van der Waals surface area contributed by atoms with Crippen molar-refractivity contribution in [2.75, 3.05) is 25.0 Å². The van der Waals surface area contributed by atoms with Crippen molar-refractivity contribution in [2.24, 2.45) is 4.99 Å². The molecule has 0 radical (unpaired) electrons.